The molecule has 2 aromatic carbocycles. The maximum atomic E-state index is 12.8. The second kappa shape index (κ2) is 6.22. The molecule has 126 valence electrons. The minimum absolute atomic E-state index is 0.308. The molecule has 0 spiro atoms. The Hall–Kier alpha value is -2.28. The molecule has 1 N–H and O–H groups in total. The third kappa shape index (κ3) is 3.04. The number of rotatable bonds is 4. The zero-order valence-electron chi connectivity index (χ0n) is 13.5. The molecule has 4 rings (SSSR count). The van der Waals surface area contributed by atoms with Crippen LogP contribution in [0.4, 0.5) is 0 Å². The summed E-state index contributed by atoms with van der Waals surface area (Å²) in [4.78, 5) is 4.04. The van der Waals surface area contributed by atoms with Crippen LogP contribution in [0, 0.1) is 0 Å². The Morgan fingerprint density at radius 3 is 2.68 bits per heavy atom. The smallest absolute Gasteiger partial charge is 0.250 e. The molecule has 0 aliphatic carbocycles. The first kappa shape index (κ1) is 16.2. The minimum atomic E-state index is -3.60. The van der Waals surface area contributed by atoms with Crippen molar-refractivity contribution in [2.75, 3.05) is 0 Å². The molecule has 0 amide bonds. The molecule has 1 atom stereocenters. The van der Waals surface area contributed by atoms with E-state index in [9.17, 15) is 8.42 Å². The minimum Gasteiger partial charge on any atom is -0.264 e. The first-order valence-corrected chi connectivity index (χ1v) is 10.2. The highest BCUT2D eigenvalue weighted by atomic mass is 32.2. The summed E-state index contributed by atoms with van der Waals surface area (Å²) < 4.78 is 29.6. The van der Waals surface area contributed by atoms with Gasteiger partial charge < -0.3 is 0 Å². The Morgan fingerprint density at radius 2 is 1.84 bits per heavy atom. The molecule has 0 saturated carbocycles. The van der Waals surface area contributed by atoms with Gasteiger partial charge in [0.05, 0.1) is 0 Å². The maximum absolute atomic E-state index is 12.8. The molecule has 0 aliphatic heterocycles. The van der Waals surface area contributed by atoms with Crippen molar-refractivity contribution in [2.24, 2.45) is 0 Å². The quantitative estimate of drug-likeness (QED) is 0.577. The van der Waals surface area contributed by atoms with Gasteiger partial charge in [-0.2, -0.15) is 0 Å². The van der Waals surface area contributed by atoms with Crippen molar-refractivity contribution in [3.8, 4) is 0 Å². The lowest BCUT2D eigenvalue weighted by atomic mass is 10.0. The van der Waals surface area contributed by atoms with E-state index in [-0.39, 0.29) is 6.04 Å². The van der Waals surface area contributed by atoms with Crippen LogP contribution in [0.3, 0.4) is 0 Å². The molecular weight excluding hydrogens is 352 g/mol. The number of hydrogen-bond donors (Lipinski definition) is 1. The fourth-order valence-electron chi connectivity index (χ4n) is 2.97. The summed E-state index contributed by atoms with van der Waals surface area (Å²) in [6.07, 6.45) is 3.35. The highest BCUT2D eigenvalue weighted by Crippen LogP contribution is 2.30. The van der Waals surface area contributed by atoms with Gasteiger partial charge in [-0.25, -0.2) is 13.1 Å². The Kier molecular flexibility index (Phi) is 4.03. The molecule has 25 heavy (non-hydrogen) atoms. The first-order valence-electron chi connectivity index (χ1n) is 7.88. The number of thiophene rings is 1. The highest BCUT2D eigenvalue weighted by molar-refractivity contribution is 7.91. The van der Waals surface area contributed by atoms with E-state index in [4.69, 9.17) is 0 Å². The lowest BCUT2D eigenvalue weighted by molar-refractivity contribution is 0.570. The van der Waals surface area contributed by atoms with Gasteiger partial charge in [0.15, 0.2) is 0 Å². The van der Waals surface area contributed by atoms with Gasteiger partial charge in [0.1, 0.15) is 4.21 Å². The van der Waals surface area contributed by atoms with Crippen molar-refractivity contribution in [1.29, 1.82) is 0 Å². The topological polar surface area (TPSA) is 59.1 Å². The van der Waals surface area contributed by atoms with E-state index >= 15 is 0 Å². The molecule has 0 bridgehead atoms. The number of hydrogen-bond acceptors (Lipinski definition) is 4. The highest BCUT2D eigenvalue weighted by Gasteiger charge is 2.21. The second-order valence-electron chi connectivity index (χ2n) is 5.89. The maximum Gasteiger partial charge on any atom is 0.250 e. The van der Waals surface area contributed by atoms with E-state index in [0.29, 0.717) is 4.21 Å². The van der Waals surface area contributed by atoms with E-state index in [1.54, 1.807) is 18.5 Å². The van der Waals surface area contributed by atoms with Gasteiger partial charge in [0.2, 0.25) is 0 Å². The van der Waals surface area contributed by atoms with Crippen LogP contribution >= 0.6 is 11.3 Å². The van der Waals surface area contributed by atoms with Crippen molar-refractivity contribution in [1.82, 2.24) is 9.71 Å². The molecule has 4 aromatic rings. The normalized spacial score (nSPS) is 13.3. The molecule has 0 aliphatic rings. The SMILES string of the molecule is CC(NS(=O)(=O)c1cc2cnccc2s1)c1cccc2ccccc12. The van der Waals surface area contributed by atoms with Gasteiger partial charge in [0, 0.05) is 28.5 Å². The number of pyridine rings is 1. The Labute approximate surface area is 150 Å². The first-order chi connectivity index (χ1) is 12.0. The van der Waals surface area contributed by atoms with Crippen molar-refractivity contribution in [2.45, 2.75) is 17.2 Å². The summed E-state index contributed by atoms with van der Waals surface area (Å²) in [5.74, 6) is 0. The molecule has 0 radical (unpaired) electrons. The molecule has 2 aromatic heterocycles. The number of sulfonamides is 1. The van der Waals surface area contributed by atoms with Gasteiger partial charge in [-0.1, -0.05) is 42.5 Å². The van der Waals surface area contributed by atoms with Crippen LogP contribution in [-0.4, -0.2) is 13.4 Å². The third-order valence-electron chi connectivity index (χ3n) is 4.18. The lowest BCUT2D eigenvalue weighted by Crippen LogP contribution is -2.26. The zero-order chi connectivity index (χ0) is 17.4. The standard InChI is InChI=1S/C19H16N2O2S2/c1-13(16-8-4-6-14-5-2-3-7-17(14)16)21-25(22,23)19-11-15-12-20-10-9-18(15)24-19/h2-13,21H,1H3. The average Bonchev–Trinajstić information content (AvgIpc) is 3.06. The van der Waals surface area contributed by atoms with Gasteiger partial charge in [-0.05, 0) is 35.4 Å². The van der Waals surface area contributed by atoms with E-state index in [1.165, 1.54) is 11.3 Å². The number of aromatic nitrogens is 1. The Balaban J connectivity index is 1.70. The van der Waals surface area contributed by atoms with Gasteiger partial charge in [-0.15, -0.1) is 11.3 Å². The number of nitrogens with zero attached hydrogens (tertiary/aromatic N) is 1. The van der Waals surface area contributed by atoms with E-state index in [0.717, 1.165) is 26.4 Å². The van der Waals surface area contributed by atoms with Crippen LogP contribution in [0.5, 0.6) is 0 Å². The summed E-state index contributed by atoms with van der Waals surface area (Å²) in [5, 5.41) is 2.99. The Bertz CT molecular complexity index is 1130. The summed E-state index contributed by atoms with van der Waals surface area (Å²) in [5.41, 5.74) is 0.962. The molecular formula is C19H16N2O2S2. The fraction of sp³-hybridized carbons (Fsp3) is 0.105. The number of nitrogens with one attached hydrogen (secondary N) is 1. The van der Waals surface area contributed by atoms with Gasteiger partial charge in [-0.3, -0.25) is 4.98 Å². The zero-order valence-corrected chi connectivity index (χ0v) is 15.1. The van der Waals surface area contributed by atoms with Crippen molar-refractivity contribution in [3.63, 3.8) is 0 Å². The fourth-order valence-corrected chi connectivity index (χ4v) is 5.58. The molecule has 2 heterocycles. The summed E-state index contributed by atoms with van der Waals surface area (Å²) in [6, 6.07) is 17.1. The van der Waals surface area contributed by atoms with Crippen LogP contribution < -0.4 is 4.72 Å². The number of benzene rings is 2. The third-order valence-corrected chi connectivity index (χ3v) is 7.31. The summed E-state index contributed by atoms with van der Waals surface area (Å²) in [6.45, 7) is 1.87. The second-order valence-corrected chi connectivity index (χ2v) is 8.91. The summed E-state index contributed by atoms with van der Waals surface area (Å²) in [7, 11) is -3.60. The summed E-state index contributed by atoms with van der Waals surface area (Å²) >= 11 is 1.25. The van der Waals surface area contributed by atoms with Crippen LogP contribution in [0.25, 0.3) is 20.9 Å². The molecule has 0 saturated heterocycles. The van der Waals surface area contributed by atoms with Crippen LogP contribution in [0.15, 0.2) is 71.2 Å². The monoisotopic (exact) mass is 368 g/mol. The molecule has 1 unspecified atom stereocenters. The Morgan fingerprint density at radius 1 is 1.04 bits per heavy atom. The van der Waals surface area contributed by atoms with Gasteiger partial charge >= 0.3 is 0 Å². The predicted octanol–water partition coefficient (Wildman–Crippen LogP) is 4.49. The molecule has 0 fully saturated rings. The lowest BCUT2D eigenvalue weighted by Gasteiger charge is -2.16. The largest absolute Gasteiger partial charge is 0.264 e. The molecule has 4 nitrogen and oxygen atoms in total. The van der Waals surface area contributed by atoms with Gasteiger partial charge in [0.25, 0.3) is 10.0 Å². The average molecular weight is 368 g/mol. The molecule has 6 heteroatoms. The van der Waals surface area contributed by atoms with E-state index < -0.39 is 10.0 Å². The number of fused-ring (bicyclic) bond motifs is 2. The van der Waals surface area contributed by atoms with Crippen molar-refractivity contribution < 1.29 is 8.42 Å². The van der Waals surface area contributed by atoms with Crippen molar-refractivity contribution >= 4 is 42.2 Å². The van der Waals surface area contributed by atoms with E-state index in [2.05, 4.69) is 9.71 Å². The van der Waals surface area contributed by atoms with E-state index in [1.807, 2.05) is 55.5 Å². The predicted molar refractivity (Wildman–Crippen MR) is 102 cm³/mol. The van der Waals surface area contributed by atoms with Crippen LogP contribution in [0.2, 0.25) is 0 Å². The van der Waals surface area contributed by atoms with Crippen LogP contribution in [-0.2, 0) is 10.0 Å². The van der Waals surface area contributed by atoms with Crippen molar-refractivity contribution in [3.05, 3.63) is 72.6 Å². The van der Waals surface area contributed by atoms with Crippen LogP contribution in [0.1, 0.15) is 18.5 Å².